The summed E-state index contributed by atoms with van der Waals surface area (Å²) in [5.41, 5.74) is 9.72. The molecule has 2 aromatic rings. The number of ether oxygens (including phenoxy) is 1. The van der Waals surface area contributed by atoms with Crippen LogP contribution in [0.2, 0.25) is 0 Å². The number of anilines is 2. The Morgan fingerprint density at radius 3 is 2.72 bits per heavy atom. The summed E-state index contributed by atoms with van der Waals surface area (Å²) in [5, 5.41) is 20.4. The van der Waals surface area contributed by atoms with Crippen LogP contribution in [0, 0.1) is 19.8 Å². The maximum atomic E-state index is 13.3. The molecule has 190 valence electrons. The molecular weight excluding hydrogens is 460 g/mol. The van der Waals surface area contributed by atoms with Crippen LogP contribution in [0.1, 0.15) is 48.3 Å². The number of nitrogens with one attached hydrogen (secondary N) is 2. The highest BCUT2D eigenvalue weighted by Crippen LogP contribution is 2.42. The highest BCUT2D eigenvalue weighted by molar-refractivity contribution is 6.46. The predicted octanol–water partition coefficient (Wildman–Crippen LogP) is 4.22. The van der Waals surface area contributed by atoms with E-state index in [0.717, 1.165) is 24.0 Å². The fourth-order valence-electron chi connectivity index (χ4n) is 4.73. The number of carbonyl (C=O) groups excluding carboxylic acids is 1. The number of rotatable bonds is 7. The van der Waals surface area contributed by atoms with Crippen molar-refractivity contribution < 1.29 is 24.5 Å². The minimum absolute atomic E-state index is 0.0354. The summed E-state index contributed by atoms with van der Waals surface area (Å²) >= 11 is 0. The number of amides is 1. The first-order valence-electron chi connectivity index (χ1n) is 12.1. The van der Waals surface area contributed by atoms with Crippen LogP contribution in [0.5, 0.6) is 5.75 Å². The van der Waals surface area contributed by atoms with E-state index in [4.69, 9.17) is 4.74 Å². The zero-order valence-electron chi connectivity index (χ0n) is 20.7. The van der Waals surface area contributed by atoms with Crippen LogP contribution in [-0.4, -0.2) is 41.6 Å². The molecule has 0 bridgehead atoms. The number of carboxylic acid groups (broad SMARTS) is 1. The molecule has 2 aromatic carbocycles. The van der Waals surface area contributed by atoms with E-state index in [1.54, 1.807) is 25.3 Å². The molecule has 4 rings (SSSR count). The minimum Gasteiger partial charge on any atom is -0.505 e. The zero-order chi connectivity index (χ0) is 25.8. The number of hydrogen-bond donors (Lipinski definition) is 4. The van der Waals surface area contributed by atoms with Crippen LogP contribution in [-0.2, 0) is 14.3 Å². The van der Waals surface area contributed by atoms with Gasteiger partial charge in [0.2, 0.25) is 5.84 Å². The van der Waals surface area contributed by atoms with Gasteiger partial charge in [-0.05, 0) is 80.0 Å². The largest absolute Gasteiger partial charge is 0.505 e. The topological polar surface area (TPSA) is 123 Å². The van der Waals surface area contributed by atoms with E-state index in [9.17, 15) is 19.8 Å². The molecule has 36 heavy (non-hydrogen) atoms. The number of phenols is 1. The zero-order valence-corrected chi connectivity index (χ0v) is 20.7. The van der Waals surface area contributed by atoms with Crippen molar-refractivity contribution in [3.8, 4) is 5.75 Å². The third-order valence-corrected chi connectivity index (χ3v) is 6.89. The van der Waals surface area contributed by atoms with E-state index in [-0.39, 0.29) is 30.0 Å². The molecule has 2 unspecified atom stereocenters. The van der Waals surface area contributed by atoms with E-state index in [0.29, 0.717) is 35.6 Å². The van der Waals surface area contributed by atoms with Crippen molar-refractivity contribution in [3.05, 3.63) is 65.0 Å². The van der Waals surface area contributed by atoms with Gasteiger partial charge in [-0.15, -0.1) is 0 Å². The molecule has 9 nitrogen and oxygen atoms in total. The number of methoxy groups -OCH3 is 1. The van der Waals surface area contributed by atoms with E-state index in [1.807, 2.05) is 38.1 Å². The Hall–Kier alpha value is -3.85. The van der Waals surface area contributed by atoms with Gasteiger partial charge in [0, 0.05) is 7.11 Å². The summed E-state index contributed by atoms with van der Waals surface area (Å²) in [6.07, 6.45) is 4.49. The van der Waals surface area contributed by atoms with Crippen molar-refractivity contribution in [2.24, 2.45) is 10.9 Å². The first-order valence-corrected chi connectivity index (χ1v) is 12.1. The second kappa shape index (κ2) is 10.8. The number of amidine groups is 1. The summed E-state index contributed by atoms with van der Waals surface area (Å²) in [4.78, 5) is 30.7. The van der Waals surface area contributed by atoms with Gasteiger partial charge in [-0.2, -0.15) is 0 Å². The van der Waals surface area contributed by atoms with Crippen LogP contribution in [0.4, 0.5) is 11.4 Å². The lowest BCUT2D eigenvalue weighted by Crippen LogP contribution is -2.39. The van der Waals surface area contributed by atoms with Crippen molar-refractivity contribution in [1.82, 2.24) is 5.43 Å². The van der Waals surface area contributed by atoms with Gasteiger partial charge < -0.3 is 14.9 Å². The van der Waals surface area contributed by atoms with Crippen LogP contribution in [0.15, 0.2) is 53.3 Å². The fourth-order valence-corrected chi connectivity index (χ4v) is 4.73. The number of benzene rings is 2. The van der Waals surface area contributed by atoms with Crippen molar-refractivity contribution in [2.45, 2.75) is 45.4 Å². The Morgan fingerprint density at radius 1 is 1.19 bits per heavy atom. The van der Waals surface area contributed by atoms with Crippen molar-refractivity contribution in [3.63, 3.8) is 0 Å². The van der Waals surface area contributed by atoms with Gasteiger partial charge in [0.15, 0.2) is 0 Å². The number of para-hydroxylation sites is 1. The van der Waals surface area contributed by atoms with Gasteiger partial charge in [0.05, 0.1) is 23.9 Å². The molecule has 1 saturated carbocycles. The predicted molar refractivity (Wildman–Crippen MR) is 138 cm³/mol. The molecule has 9 heteroatoms. The Morgan fingerprint density at radius 2 is 2.00 bits per heavy atom. The second-order valence-electron chi connectivity index (χ2n) is 9.28. The molecule has 0 saturated heterocycles. The summed E-state index contributed by atoms with van der Waals surface area (Å²) in [7, 11) is 1.57. The Kier molecular flexibility index (Phi) is 7.59. The third kappa shape index (κ3) is 5.21. The first-order chi connectivity index (χ1) is 17.3. The van der Waals surface area contributed by atoms with E-state index in [2.05, 4.69) is 15.8 Å². The maximum Gasteiger partial charge on any atom is 0.306 e. The highest BCUT2D eigenvalue weighted by Gasteiger charge is 2.33. The van der Waals surface area contributed by atoms with Gasteiger partial charge in [-0.1, -0.05) is 24.6 Å². The van der Waals surface area contributed by atoms with Gasteiger partial charge in [0.1, 0.15) is 11.6 Å². The number of aromatic hydroxyl groups is 1. The first kappa shape index (κ1) is 25.2. The fraction of sp³-hybridized carbons (Fsp3) is 0.370. The van der Waals surface area contributed by atoms with Gasteiger partial charge >= 0.3 is 11.9 Å². The second-order valence-corrected chi connectivity index (χ2v) is 9.28. The summed E-state index contributed by atoms with van der Waals surface area (Å²) < 4.78 is 5.15. The number of carbonyl (C=O) groups is 2. The molecule has 1 aliphatic heterocycles. The molecule has 0 aromatic heterocycles. The lowest BCUT2D eigenvalue weighted by molar-refractivity contribution is -0.143. The van der Waals surface area contributed by atoms with Crippen LogP contribution in [0.25, 0.3) is 0 Å². The van der Waals surface area contributed by atoms with E-state index >= 15 is 0 Å². The maximum absolute atomic E-state index is 13.3. The lowest BCUT2D eigenvalue weighted by Gasteiger charge is -2.28. The molecule has 0 spiro atoms. The van der Waals surface area contributed by atoms with Crippen LogP contribution < -0.4 is 15.8 Å². The number of hydrazine groups is 1. The summed E-state index contributed by atoms with van der Waals surface area (Å²) in [5.74, 6) is -1.04. The van der Waals surface area contributed by atoms with Crippen LogP contribution >= 0.6 is 0 Å². The molecular formula is C27H32N4O5. The SMILES string of the molecule is COCC=C1N=C(NNc2cccc(C3CCCC(C(=O)O)C3)c2O)C(=O)N1c1ccc(C)c(C)c1. The quantitative estimate of drug-likeness (QED) is 0.337. The van der Waals surface area contributed by atoms with E-state index in [1.165, 1.54) is 4.90 Å². The number of phenolic OH excluding ortho intramolecular Hbond substituents is 1. The smallest absolute Gasteiger partial charge is 0.306 e. The number of aliphatic imine (C=N–C) groups is 1. The van der Waals surface area contributed by atoms with Gasteiger partial charge in [-0.3, -0.25) is 25.3 Å². The van der Waals surface area contributed by atoms with Crippen LogP contribution in [0.3, 0.4) is 0 Å². The third-order valence-electron chi connectivity index (χ3n) is 6.89. The number of aliphatic carboxylic acids is 1. The highest BCUT2D eigenvalue weighted by atomic mass is 16.5. The van der Waals surface area contributed by atoms with Crippen molar-refractivity contribution >= 4 is 29.1 Å². The number of carboxylic acids is 1. The lowest BCUT2D eigenvalue weighted by atomic mass is 9.77. The number of aryl methyl sites for hydroxylation is 2. The Labute approximate surface area is 210 Å². The summed E-state index contributed by atoms with van der Waals surface area (Å²) in [6.45, 7) is 4.28. The molecule has 0 radical (unpaired) electrons. The average Bonchev–Trinajstić information content (AvgIpc) is 3.18. The van der Waals surface area contributed by atoms with Gasteiger partial charge in [-0.25, -0.2) is 4.99 Å². The average molecular weight is 493 g/mol. The minimum atomic E-state index is -0.793. The van der Waals surface area contributed by atoms with Crippen molar-refractivity contribution in [1.29, 1.82) is 0 Å². The Bertz CT molecular complexity index is 1220. The number of nitrogens with zero attached hydrogens (tertiary/aromatic N) is 2. The van der Waals surface area contributed by atoms with E-state index < -0.39 is 11.9 Å². The molecule has 1 amide bonds. The summed E-state index contributed by atoms with van der Waals surface area (Å²) in [6, 6.07) is 11.1. The standard InChI is InChI=1S/C27H32N4O5/c1-16-10-11-20(14-17(16)2)31-23(12-13-36-3)28-25(26(31)33)30-29-22-9-5-8-21(24(22)32)18-6-4-7-19(15-18)27(34)35/h5,8-12,14,18-19,29,32H,4,6-7,13,15H2,1-3H3,(H,28,30)(H,34,35). The molecule has 4 N–H and O–H groups in total. The molecule has 2 atom stereocenters. The number of hydrogen-bond acceptors (Lipinski definition) is 7. The molecule has 2 aliphatic rings. The molecule has 1 fully saturated rings. The normalized spacial score (nSPS) is 21.0. The monoisotopic (exact) mass is 492 g/mol. The molecule has 1 heterocycles. The Balaban J connectivity index is 1.53. The van der Waals surface area contributed by atoms with Crippen molar-refractivity contribution in [2.75, 3.05) is 24.0 Å². The van der Waals surface area contributed by atoms with Gasteiger partial charge in [0.25, 0.3) is 0 Å². The molecule has 1 aliphatic carbocycles.